The molecule has 0 aromatic heterocycles. The van der Waals surface area contributed by atoms with E-state index < -0.39 is 6.04 Å². The molecule has 0 spiro atoms. The van der Waals surface area contributed by atoms with Crippen molar-refractivity contribution in [1.29, 1.82) is 0 Å². The highest BCUT2D eigenvalue weighted by atomic mass is 16.2. The second kappa shape index (κ2) is 5.26. The van der Waals surface area contributed by atoms with Crippen LogP contribution in [-0.2, 0) is 9.59 Å². The Morgan fingerprint density at radius 2 is 1.89 bits per heavy atom. The van der Waals surface area contributed by atoms with Crippen LogP contribution in [0.2, 0.25) is 0 Å². The molecule has 1 saturated carbocycles. The summed E-state index contributed by atoms with van der Waals surface area (Å²) in [6, 6.07) is -0.301. The van der Waals surface area contributed by atoms with Crippen molar-refractivity contribution in [1.82, 2.24) is 4.90 Å². The highest BCUT2D eigenvalue weighted by molar-refractivity contribution is 5.88. The Morgan fingerprint density at radius 3 is 2.56 bits per heavy atom. The molecule has 0 aromatic rings. The second-order valence-corrected chi connectivity index (χ2v) is 5.65. The van der Waals surface area contributed by atoms with Gasteiger partial charge < -0.3 is 16.4 Å². The standard InChI is InChI=1S/C13H23N3O2/c1-8-9(4-2-5-10(8)14)13(18)16-7-3-6-11(16)12(15)17/h8-11H,2-7,14H2,1H3,(H2,15,17). The van der Waals surface area contributed by atoms with Gasteiger partial charge in [0.1, 0.15) is 6.04 Å². The van der Waals surface area contributed by atoms with Crippen LogP contribution < -0.4 is 11.5 Å². The van der Waals surface area contributed by atoms with Crippen molar-refractivity contribution in [3.63, 3.8) is 0 Å². The van der Waals surface area contributed by atoms with E-state index in [4.69, 9.17) is 11.5 Å². The van der Waals surface area contributed by atoms with Crippen LogP contribution in [0.5, 0.6) is 0 Å². The fourth-order valence-electron chi connectivity index (χ4n) is 3.29. The molecule has 0 aromatic carbocycles. The molecule has 1 saturated heterocycles. The largest absolute Gasteiger partial charge is 0.368 e. The first-order valence-electron chi connectivity index (χ1n) is 6.87. The smallest absolute Gasteiger partial charge is 0.240 e. The molecule has 1 heterocycles. The molecule has 0 radical (unpaired) electrons. The summed E-state index contributed by atoms with van der Waals surface area (Å²) < 4.78 is 0. The number of carbonyl (C=O) groups excluding carboxylic acids is 2. The quantitative estimate of drug-likeness (QED) is 0.738. The van der Waals surface area contributed by atoms with Gasteiger partial charge in [-0.3, -0.25) is 9.59 Å². The molecule has 5 nitrogen and oxygen atoms in total. The molecule has 2 aliphatic rings. The first kappa shape index (κ1) is 13.3. The van der Waals surface area contributed by atoms with Crippen molar-refractivity contribution in [2.75, 3.05) is 6.54 Å². The average Bonchev–Trinajstić information content (AvgIpc) is 2.81. The fourth-order valence-corrected chi connectivity index (χ4v) is 3.29. The predicted octanol–water partition coefficient (Wildman–Crippen LogP) is 0.226. The molecule has 5 heteroatoms. The van der Waals surface area contributed by atoms with Crippen molar-refractivity contribution in [2.45, 2.75) is 51.1 Å². The summed E-state index contributed by atoms with van der Waals surface area (Å²) in [6.45, 7) is 2.70. The van der Waals surface area contributed by atoms with Gasteiger partial charge in [-0.05, 0) is 31.6 Å². The van der Waals surface area contributed by atoms with Gasteiger partial charge in [0, 0.05) is 18.5 Å². The molecule has 2 amide bonds. The Morgan fingerprint density at radius 1 is 1.17 bits per heavy atom. The number of carbonyl (C=O) groups is 2. The van der Waals surface area contributed by atoms with Gasteiger partial charge in [-0.15, -0.1) is 0 Å². The molecule has 1 aliphatic heterocycles. The van der Waals surface area contributed by atoms with E-state index in [2.05, 4.69) is 0 Å². The summed E-state index contributed by atoms with van der Waals surface area (Å²) in [5.74, 6) is -0.137. The van der Waals surface area contributed by atoms with Gasteiger partial charge in [0.05, 0.1) is 0 Å². The molecule has 102 valence electrons. The molecule has 2 fully saturated rings. The molecule has 1 aliphatic carbocycles. The topological polar surface area (TPSA) is 89.4 Å². The van der Waals surface area contributed by atoms with E-state index in [-0.39, 0.29) is 29.7 Å². The van der Waals surface area contributed by atoms with E-state index in [1.54, 1.807) is 4.90 Å². The number of hydrogen-bond acceptors (Lipinski definition) is 3. The third-order valence-corrected chi connectivity index (χ3v) is 4.54. The average molecular weight is 253 g/mol. The van der Waals surface area contributed by atoms with Gasteiger partial charge in [-0.25, -0.2) is 0 Å². The van der Waals surface area contributed by atoms with Crippen molar-refractivity contribution in [3.05, 3.63) is 0 Å². The molecule has 2 rings (SSSR count). The highest BCUT2D eigenvalue weighted by Gasteiger charge is 2.40. The van der Waals surface area contributed by atoms with Crippen LogP contribution in [0.3, 0.4) is 0 Å². The van der Waals surface area contributed by atoms with Gasteiger partial charge in [0.15, 0.2) is 0 Å². The Labute approximate surface area is 108 Å². The number of hydrogen-bond donors (Lipinski definition) is 2. The van der Waals surface area contributed by atoms with E-state index in [0.717, 1.165) is 25.7 Å². The Balaban J connectivity index is 2.08. The summed E-state index contributed by atoms with van der Waals surface area (Å²) in [7, 11) is 0. The summed E-state index contributed by atoms with van der Waals surface area (Å²) in [5, 5.41) is 0. The number of nitrogens with zero attached hydrogens (tertiary/aromatic N) is 1. The maximum Gasteiger partial charge on any atom is 0.240 e. The Bertz CT molecular complexity index is 345. The van der Waals surface area contributed by atoms with Crippen LogP contribution in [0, 0.1) is 11.8 Å². The third kappa shape index (κ3) is 2.36. The first-order chi connectivity index (χ1) is 8.52. The lowest BCUT2D eigenvalue weighted by atomic mass is 9.76. The minimum atomic E-state index is -0.400. The lowest BCUT2D eigenvalue weighted by Crippen LogP contribution is -2.50. The molecule has 4 atom stereocenters. The van der Waals surface area contributed by atoms with Gasteiger partial charge in [-0.2, -0.15) is 0 Å². The summed E-state index contributed by atoms with van der Waals surface area (Å²) >= 11 is 0. The summed E-state index contributed by atoms with van der Waals surface area (Å²) in [4.78, 5) is 25.6. The highest BCUT2D eigenvalue weighted by Crippen LogP contribution is 2.32. The second-order valence-electron chi connectivity index (χ2n) is 5.65. The number of amides is 2. The summed E-state index contributed by atoms with van der Waals surface area (Å²) in [6.07, 6.45) is 4.44. The minimum Gasteiger partial charge on any atom is -0.368 e. The lowest BCUT2D eigenvalue weighted by Gasteiger charge is -2.36. The SMILES string of the molecule is CC1C(N)CCCC1C(=O)N1CCCC1C(N)=O. The van der Waals surface area contributed by atoms with Crippen molar-refractivity contribution in [3.8, 4) is 0 Å². The fraction of sp³-hybridized carbons (Fsp3) is 0.846. The van der Waals surface area contributed by atoms with E-state index in [1.807, 2.05) is 6.92 Å². The van der Waals surface area contributed by atoms with Gasteiger partial charge in [-0.1, -0.05) is 13.3 Å². The van der Waals surface area contributed by atoms with Crippen molar-refractivity contribution < 1.29 is 9.59 Å². The lowest BCUT2D eigenvalue weighted by molar-refractivity contribution is -0.143. The van der Waals surface area contributed by atoms with Gasteiger partial charge in [0.2, 0.25) is 11.8 Å². The molecule has 18 heavy (non-hydrogen) atoms. The van der Waals surface area contributed by atoms with E-state index >= 15 is 0 Å². The van der Waals surface area contributed by atoms with Crippen molar-refractivity contribution in [2.24, 2.45) is 23.3 Å². The number of rotatable bonds is 2. The molecular formula is C13H23N3O2. The molecular weight excluding hydrogens is 230 g/mol. The number of primary amides is 1. The molecule has 4 unspecified atom stereocenters. The zero-order valence-corrected chi connectivity index (χ0v) is 11.0. The minimum absolute atomic E-state index is 0.0336. The third-order valence-electron chi connectivity index (χ3n) is 4.54. The Kier molecular flexibility index (Phi) is 3.90. The van der Waals surface area contributed by atoms with Crippen LogP contribution >= 0.6 is 0 Å². The van der Waals surface area contributed by atoms with E-state index in [9.17, 15) is 9.59 Å². The maximum atomic E-state index is 12.5. The van der Waals surface area contributed by atoms with Gasteiger partial charge in [0.25, 0.3) is 0 Å². The molecule has 0 bridgehead atoms. The number of nitrogens with two attached hydrogens (primary N) is 2. The zero-order valence-electron chi connectivity index (χ0n) is 11.0. The molecule has 4 N–H and O–H groups in total. The van der Waals surface area contributed by atoms with Crippen LogP contribution in [-0.4, -0.2) is 35.3 Å². The van der Waals surface area contributed by atoms with E-state index in [1.165, 1.54) is 0 Å². The Hall–Kier alpha value is -1.10. The van der Waals surface area contributed by atoms with Crippen LogP contribution in [0.1, 0.15) is 39.0 Å². The van der Waals surface area contributed by atoms with Crippen molar-refractivity contribution >= 4 is 11.8 Å². The summed E-state index contributed by atoms with van der Waals surface area (Å²) in [5.41, 5.74) is 11.4. The zero-order chi connectivity index (χ0) is 13.3. The first-order valence-corrected chi connectivity index (χ1v) is 6.87. The normalized spacial score (nSPS) is 36.7. The van der Waals surface area contributed by atoms with Gasteiger partial charge >= 0.3 is 0 Å². The van der Waals surface area contributed by atoms with E-state index in [0.29, 0.717) is 13.0 Å². The van der Waals surface area contributed by atoms with Crippen LogP contribution in [0.15, 0.2) is 0 Å². The van der Waals surface area contributed by atoms with Crippen LogP contribution in [0.4, 0.5) is 0 Å². The monoisotopic (exact) mass is 253 g/mol. The van der Waals surface area contributed by atoms with Crippen LogP contribution in [0.25, 0.3) is 0 Å². The maximum absolute atomic E-state index is 12.5. The predicted molar refractivity (Wildman–Crippen MR) is 68.4 cm³/mol. The number of likely N-dealkylation sites (tertiary alicyclic amines) is 1.